The quantitative estimate of drug-likeness (QED) is 0.0784. The van der Waals surface area contributed by atoms with E-state index in [0.717, 1.165) is 90.4 Å². The first-order valence-electron chi connectivity index (χ1n) is 23.4. The maximum absolute atomic E-state index is 4.97. The number of rotatable bonds is 18. The van der Waals surface area contributed by atoms with Crippen LogP contribution in [-0.2, 0) is 5.41 Å². The van der Waals surface area contributed by atoms with Gasteiger partial charge in [-0.25, -0.2) is 0 Å². The Balaban J connectivity index is 1.03. The van der Waals surface area contributed by atoms with Gasteiger partial charge in [0.05, 0.1) is 46.9 Å². The van der Waals surface area contributed by atoms with Crippen LogP contribution in [0.5, 0.6) is 0 Å². The first kappa shape index (κ1) is 42.2. The molecule has 0 bridgehead atoms. The highest BCUT2D eigenvalue weighted by atomic mass is 32.1. The average molecular weight is 927 g/mol. The van der Waals surface area contributed by atoms with Crippen molar-refractivity contribution >= 4 is 91.0 Å². The van der Waals surface area contributed by atoms with Crippen molar-refractivity contribution in [3.05, 3.63) is 108 Å². The number of nitrogens with zero attached hydrogens (tertiary/aromatic N) is 8. The van der Waals surface area contributed by atoms with Crippen LogP contribution in [0.4, 0.5) is 0 Å². The molecular weight excluding hydrogens is 877 g/mol. The summed E-state index contributed by atoms with van der Waals surface area (Å²) in [6, 6.07) is 35.9. The van der Waals surface area contributed by atoms with Crippen molar-refractivity contribution in [3.63, 3.8) is 0 Å². The number of hydrogen-bond donors (Lipinski definition) is 0. The molecule has 0 atom stereocenters. The molecular formula is C53H50N8S4. The molecule has 326 valence electrons. The summed E-state index contributed by atoms with van der Waals surface area (Å²) in [7, 11) is 0. The van der Waals surface area contributed by atoms with Crippen LogP contribution in [0, 0.1) is 0 Å². The molecule has 12 heteroatoms. The van der Waals surface area contributed by atoms with Gasteiger partial charge in [0.15, 0.2) is 0 Å². The maximum Gasteiger partial charge on any atom is 0.113 e. The number of fused-ring (bicyclic) bond motifs is 7. The molecule has 0 saturated carbocycles. The third-order valence-electron chi connectivity index (χ3n) is 13.9. The summed E-state index contributed by atoms with van der Waals surface area (Å²) >= 11 is 5.08. The SMILES string of the molecule is CCCCCCCCC1(CCCCCCCC)c2cc(-c3ccc(-c4cccc5nsnc45)c4nsnc34)ccc2-c2ccc(-c3ccc(-c4cccc5nsnc45)c4nsnc34)cc21. The highest BCUT2D eigenvalue weighted by molar-refractivity contribution is 7.01. The van der Waals surface area contributed by atoms with Crippen LogP contribution >= 0.6 is 46.9 Å². The molecule has 0 N–H and O–H groups in total. The average Bonchev–Trinajstić information content (AvgIpc) is 4.21. The topological polar surface area (TPSA) is 103 Å². The minimum Gasteiger partial charge on any atom is -0.173 e. The largest absolute Gasteiger partial charge is 0.173 e. The second kappa shape index (κ2) is 18.5. The second-order valence-corrected chi connectivity index (χ2v) is 19.9. The Hall–Kier alpha value is -5.40. The zero-order valence-corrected chi connectivity index (χ0v) is 40.1. The Morgan fingerprint density at radius 2 is 0.692 bits per heavy atom. The Bertz CT molecular complexity index is 3090. The van der Waals surface area contributed by atoms with Crippen molar-refractivity contribution in [1.82, 2.24) is 35.0 Å². The summed E-state index contributed by atoms with van der Waals surface area (Å²) in [6.07, 6.45) is 17.5. The lowest BCUT2D eigenvalue weighted by Gasteiger charge is -2.33. The smallest absolute Gasteiger partial charge is 0.113 e. The van der Waals surface area contributed by atoms with E-state index in [1.54, 1.807) is 0 Å². The van der Waals surface area contributed by atoms with E-state index in [2.05, 4.69) is 116 Å². The van der Waals surface area contributed by atoms with Crippen molar-refractivity contribution in [2.75, 3.05) is 0 Å². The standard InChI is InChI=1S/C53H50N8S4/c1-3-5-7-9-11-13-29-53(30-14-12-10-8-6-4-2)43-31-33(35-25-27-41(51-49(35)58-64-60-51)39-17-15-19-45-47(39)56-62-54-45)21-23-37(43)38-24-22-34(32-44(38)53)36-26-28-42(52-50(36)59-65-61-52)40-18-16-20-46-48(40)57-63-55-46/h15-28,31-32H,3-14,29-30H2,1-2H3. The summed E-state index contributed by atoms with van der Waals surface area (Å²) in [6.45, 7) is 4.61. The molecule has 0 radical (unpaired) electrons. The first-order chi connectivity index (χ1) is 32.2. The Kier molecular flexibility index (Phi) is 12.0. The molecule has 0 amide bonds. The zero-order valence-electron chi connectivity index (χ0n) is 36.8. The number of benzene rings is 6. The van der Waals surface area contributed by atoms with Gasteiger partial charge < -0.3 is 0 Å². The van der Waals surface area contributed by atoms with E-state index in [1.807, 2.05) is 12.1 Å². The lowest BCUT2D eigenvalue weighted by atomic mass is 9.70. The monoisotopic (exact) mass is 926 g/mol. The van der Waals surface area contributed by atoms with Gasteiger partial charge in [0.2, 0.25) is 0 Å². The summed E-state index contributed by atoms with van der Waals surface area (Å²) in [5.74, 6) is 0. The molecule has 0 unspecified atom stereocenters. The van der Waals surface area contributed by atoms with Crippen LogP contribution in [0.3, 0.4) is 0 Å². The Morgan fingerprint density at radius 3 is 1.15 bits per heavy atom. The van der Waals surface area contributed by atoms with Gasteiger partial charge in [-0.3, -0.25) is 0 Å². The van der Waals surface area contributed by atoms with Crippen LogP contribution in [-0.4, -0.2) is 35.0 Å². The molecule has 65 heavy (non-hydrogen) atoms. The Morgan fingerprint density at radius 1 is 0.338 bits per heavy atom. The van der Waals surface area contributed by atoms with E-state index in [4.69, 9.17) is 17.5 Å². The predicted molar refractivity (Wildman–Crippen MR) is 274 cm³/mol. The molecule has 1 aliphatic rings. The van der Waals surface area contributed by atoms with Crippen LogP contribution in [0.25, 0.3) is 99.8 Å². The lowest BCUT2D eigenvalue weighted by Crippen LogP contribution is -2.25. The number of aromatic nitrogens is 8. The van der Waals surface area contributed by atoms with Gasteiger partial charge in [0.1, 0.15) is 44.1 Å². The van der Waals surface area contributed by atoms with E-state index in [-0.39, 0.29) is 5.41 Å². The van der Waals surface area contributed by atoms with Crippen LogP contribution in [0.1, 0.15) is 115 Å². The molecule has 0 fully saturated rings. The van der Waals surface area contributed by atoms with E-state index >= 15 is 0 Å². The molecule has 4 heterocycles. The molecule has 0 saturated heterocycles. The lowest BCUT2D eigenvalue weighted by molar-refractivity contribution is 0.398. The highest BCUT2D eigenvalue weighted by Crippen LogP contribution is 2.56. The Labute approximate surface area is 396 Å². The molecule has 0 aliphatic heterocycles. The van der Waals surface area contributed by atoms with Crippen LogP contribution < -0.4 is 0 Å². The summed E-state index contributed by atoms with van der Waals surface area (Å²) in [4.78, 5) is 0. The number of hydrogen-bond acceptors (Lipinski definition) is 12. The van der Waals surface area contributed by atoms with Crippen LogP contribution in [0.2, 0.25) is 0 Å². The molecule has 1 aliphatic carbocycles. The van der Waals surface area contributed by atoms with E-state index < -0.39 is 0 Å². The highest BCUT2D eigenvalue weighted by Gasteiger charge is 2.43. The van der Waals surface area contributed by atoms with Crippen molar-refractivity contribution in [2.45, 2.75) is 109 Å². The van der Waals surface area contributed by atoms with Crippen molar-refractivity contribution in [2.24, 2.45) is 0 Å². The van der Waals surface area contributed by atoms with Crippen molar-refractivity contribution in [3.8, 4) is 55.6 Å². The zero-order chi connectivity index (χ0) is 43.7. The summed E-state index contributed by atoms with van der Waals surface area (Å²) in [5, 5.41) is 0. The maximum atomic E-state index is 4.97. The van der Waals surface area contributed by atoms with Gasteiger partial charge in [0, 0.05) is 38.8 Å². The van der Waals surface area contributed by atoms with Gasteiger partial charge in [0.25, 0.3) is 0 Å². The fraction of sp³-hybridized carbons (Fsp3) is 0.321. The fourth-order valence-electron chi connectivity index (χ4n) is 10.6. The third kappa shape index (κ3) is 7.66. The van der Waals surface area contributed by atoms with Gasteiger partial charge >= 0.3 is 0 Å². The van der Waals surface area contributed by atoms with E-state index in [0.29, 0.717) is 0 Å². The van der Waals surface area contributed by atoms with Gasteiger partial charge in [-0.15, -0.1) is 0 Å². The van der Waals surface area contributed by atoms with E-state index in [9.17, 15) is 0 Å². The molecule has 4 aromatic heterocycles. The minimum atomic E-state index is -0.133. The molecule has 11 rings (SSSR count). The van der Waals surface area contributed by atoms with Crippen molar-refractivity contribution < 1.29 is 0 Å². The summed E-state index contributed by atoms with van der Waals surface area (Å²) in [5.41, 5.74) is 21.7. The molecule has 6 aromatic carbocycles. The van der Waals surface area contributed by atoms with Gasteiger partial charge in [-0.1, -0.05) is 164 Å². The number of unbranched alkanes of at least 4 members (excludes halogenated alkanes) is 10. The van der Waals surface area contributed by atoms with Gasteiger partial charge in [-0.2, -0.15) is 35.0 Å². The van der Waals surface area contributed by atoms with Gasteiger partial charge in [-0.05, 0) is 70.5 Å². The molecule has 8 nitrogen and oxygen atoms in total. The van der Waals surface area contributed by atoms with Crippen molar-refractivity contribution in [1.29, 1.82) is 0 Å². The first-order valence-corrected chi connectivity index (χ1v) is 26.3. The normalized spacial score (nSPS) is 13.1. The fourth-order valence-corrected chi connectivity index (χ4v) is 12.8. The third-order valence-corrected chi connectivity index (χ3v) is 16.0. The van der Waals surface area contributed by atoms with Crippen LogP contribution in [0.15, 0.2) is 97.1 Å². The minimum absolute atomic E-state index is 0.133. The molecule has 0 spiro atoms. The van der Waals surface area contributed by atoms with E-state index in [1.165, 1.54) is 157 Å². The molecule has 10 aromatic rings. The second-order valence-electron chi connectivity index (χ2n) is 17.8. The predicted octanol–water partition coefficient (Wildman–Crippen LogP) is 16.1. The summed E-state index contributed by atoms with van der Waals surface area (Å²) < 4.78 is 38.2.